The molecule has 0 aromatic heterocycles. The lowest BCUT2D eigenvalue weighted by molar-refractivity contribution is 0.146. The van der Waals surface area contributed by atoms with Crippen molar-refractivity contribution in [2.24, 2.45) is 34.5 Å². The lowest BCUT2D eigenvalue weighted by atomic mass is 9.62. The van der Waals surface area contributed by atoms with Crippen LogP contribution in [0.15, 0.2) is 24.3 Å². The van der Waals surface area contributed by atoms with Crippen molar-refractivity contribution >= 4 is 0 Å². The molecule has 78 valence electrons. The van der Waals surface area contributed by atoms with Gasteiger partial charge in [0.1, 0.15) is 0 Å². The third-order valence-electron chi connectivity index (χ3n) is 6.60. The third-order valence-corrected chi connectivity index (χ3v) is 6.60. The van der Waals surface area contributed by atoms with Crippen molar-refractivity contribution in [2.45, 2.75) is 32.1 Å². The Labute approximate surface area is 91.4 Å². The fraction of sp³-hybridized carbons (Fsp3) is 0.733. The molecule has 4 bridgehead atoms. The summed E-state index contributed by atoms with van der Waals surface area (Å²) < 4.78 is 0. The van der Waals surface area contributed by atoms with E-state index in [-0.39, 0.29) is 0 Å². The van der Waals surface area contributed by atoms with Crippen LogP contribution >= 0.6 is 0 Å². The first kappa shape index (κ1) is 7.70. The number of rotatable bonds is 0. The molecule has 0 aliphatic heterocycles. The molecule has 5 aliphatic carbocycles. The Kier molecular flexibility index (Phi) is 1.02. The van der Waals surface area contributed by atoms with Crippen molar-refractivity contribution in [2.75, 3.05) is 0 Å². The molecule has 6 atom stereocenters. The molecule has 0 radical (unpaired) electrons. The minimum atomic E-state index is 0.643. The van der Waals surface area contributed by atoms with Crippen molar-refractivity contribution in [3.8, 4) is 0 Å². The zero-order valence-corrected chi connectivity index (χ0v) is 9.15. The van der Waals surface area contributed by atoms with Gasteiger partial charge in [0.15, 0.2) is 0 Å². The van der Waals surface area contributed by atoms with Crippen LogP contribution in [-0.2, 0) is 0 Å². The van der Waals surface area contributed by atoms with E-state index in [2.05, 4.69) is 24.3 Å². The number of allylic oxidation sites excluding steroid dienone is 4. The summed E-state index contributed by atoms with van der Waals surface area (Å²) in [5, 5.41) is 0. The highest BCUT2D eigenvalue weighted by atomic mass is 14.7. The molecule has 0 heteroatoms. The summed E-state index contributed by atoms with van der Waals surface area (Å²) >= 11 is 0. The highest BCUT2D eigenvalue weighted by molar-refractivity contribution is 5.37. The molecule has 0 N–H and O–H groups in total. The SMILES string of the molecule is C1=CC23CC1CC2CC1CC2C=CC13C2. The standard InChI is InChI=1S/C15H18/c1-3-14-8-10(1)5-12(14)7-13-6-11-2-4-15(13,14)9-11/h1-4,10-13H,5-9H2. The van der Waals surface area contributed by atoms with Gasteiger partial charge >= 0.3 is 0 Å². The van der Waals surface area contributed by atoms with Crippen molar-refractivity contribution in [1.82, 2.24) is 0 Å². The summed E-state index contributed by atoms with van der Waals surface area (Å²) in [6, 6.07) is 0. The normalized spacial score (nSPS) is 66.7. The van der Waals surface area contributed by atoms with E-state index in [9.17, 15) is 0 Å². The van der Waals surface area contributed by atoms with Crippen LogP contribution in [0.2, 0.25) is 0 Å². The predicted octanol–water partition coefficient (Wildman–Crippen LogP) is 3.55. The van der Waals surface area contributed by atoms with Gasteiger partial charge in [0.25, 0.3) is 0 Å². The van der Waals surface area contributed by atoms with Gasteiger partial charge in [-0.3, -0.25) is 0 Å². The van der Waals surface area contributed by atoms with Crippen molar-refractivity contribution < 1.29 is 0 Å². The molecule has 2 spiro atoms. The minimum absolute atomic E-state index is 0.643. The lowest BCUT2D eigenvalue weighted by Crippen LogP contribution is -2.35. The second kappa shape index (κ2) is 1.99. The van der Waals surface area contributed by atoms with Crippen LogP contribution in [-0.4, -0.2) is 0 Å². The largest absolute Gasteiger partial charge is 0.0848 e. The molecule has 6 unspecified atom stereocenters. The Morgan fingerprint density at radius 2 is 1.27 bits per heavy atom. The van der Waals surface area contributed by atoms with Crippen LogP contribution in [0.25, 0.3) is 0 Å². The first-order valence-corrected chi connectivity index (χ1v) is 6.71. The van der Waals surface area contributed by atoms with Crippen molar-refractivity contribution in [3.05, 3.63) is 24.3 Å². The van der Waals surface area contributed by atoms with E-state index in [0.717, 1.165) is 23.7 Å². The molecule has 0 heterocycles. The van der Waals surface area contributed by atoms with Gasteiger partial charge in [-0.2, -0.15) is 0 Å². The van der Waals surface area contributed by atoms with Crippen LogP contribution in [0.3, 0.4) is 0 Å². The van der Waals surface area contributed by atoms with E-state index < -0.39 is 0 Å². The highest BCUT2D eigenvalue weighted by Crippen LogP contribution is 2.78. The van der Waals surface area contributed by atoms with Crippen LogP contribution < -0.4 is 0 Å². The van der Waals surface area contributed by atoms with Gasteiger partial charge < -0.3 is 0 Å². The average molecular weight is 198 g/mol. The smallest absolute Gasteiger partial charge is 0.000977 e. The van der Waals surface area contributed by atoms with Gasteiger partial charge in [-0.25, -0.2) is 0 Å². The summed E-state index contributed by atoms with van der Waals surface area (Å²) in [4.78, 5) is 0. The second-order valence-corrected chi connectivity index (χ2v) is 6.83. The summed E-state index contributed by atoms with van der Waals surface area (Å²) in [6.07, 6.45) is 18.0. The van der Waals surface area contributed by atoms with Crippen molar-refractivity contribution in [3.63, 3.8) is 0 Å². The topological polar surface area (TPSA) is 0 Å². The van der Waals surface area contributed by atoms with Gasteiger partial charge in [0.05, 0.1) is 0 Å². The molecule has 5 rings (SSSR count). The number of fused-ring (bicyclic) bond motifs is 2. The molecule has 5 aliphatic rings. The molecule has 0 aromatic carbocycles. The van der Waals surface area contributed by atoms with E-state index in [4.69, 9.17) is 0 Å². The van der Waals surface area contributed by atoms with E-state index in [1.807, 2.05) is 0 Å². The Hall–Kier alpha value is -0.520. The zero-order chi connectivity index (χ0) is 9.67. The van der Waals surface area contributed by atoms with E-state index in [1.54, 1.807) is 6.42 Å². The van der Waals surface area contributed by atoms with Gasteiger partial charge in [0.2, 0.25) is 0 Å². The minimum Gasteiger partial charge on any atom is -0.0848 e. The van der Waals surface area contributed by atoms with Gasteiger partial charge in [0, 0.05) is 10.8 Å². The first-order chi connectivity index (χ1) is 7.32. The molecule has 0 nitrogen and oxygen atoms in total. The second-order valence-electron chi connectivity index (χ2n) is 6.83. The maximum Gasteiger partial charge on any atom is 0.000977 e. The summed E-state index contributed by atoms with van der Waals surface area (Å²) in [5.41, 5.74) is 1.29. The maximum absolute atomic E-state index is 2.66. The quantitative estimate of drug-likeness (QED) is 0.522. The highest BCUT2D eigenvalue weighted by Gasteiger charge is 2.70. The maximum atomic E-state index is 2.66. The van der Waals surface area contributed by atoms with E-state index in [1.165, 1.54) is 25.7 Å². The monoisotopic (exact) mass is 198 g/mol. The van der Waals surface area contributed by atoms with Crippen LogP contribution in [0.4, 0.5) is 0 Å². The Morgan fingerprint density at radius 1 is 0.733 bits per heavy atom. The molecule has 0 amide bonds. The molecule has 0 saturated heterocycles. The molecule has 3 fully saturated rings. The Morgan fingerprint density at radius 3 is 1.73 bits per heavy atom. The van der Waals surface area contributed by atoms with Crippen LogP contribution in [0.1, 0.15) is 32.1 Å². The molecule has 3 saturated carbocycles. The van der Waals surface area contributed by atoms with E-state index >= 15 is 0 Å². The third kappa shape index (κ3) is 0.599. The average Bonchev–Trinajstić information content (AvgIpc) is 2.96. The predicted molar refractivity (Wildman–Crippen MR) is 60.2 cm³/mol. The molecule has 0 aromatic rings. The molecular formula is C15H18. The lowest BCUT2D eigenvalue weighted by Gasteiger charge is -2.41. The summed E-state index contributed by atoms with van der Waals surface area (Å²) in [5.74, 6) is 4.03. The summed E-state index contributed by atoms with van der Waals surface area (Å²) in [7, 11) is 0. The van der Waals surface area contributed by atoms with E-state index in [0.29, 0.717) is 10.8 Å². The van der Waals surface area contributed by atoms with Crippen LogP contribution in [0.5, 0.6) is 0 Å². The fourth-order valence-electron chi connectivity index (χ4n) is 6.24. The van der Waals surface area contributed by atoms with Crippen LogP contribution in [0, 0.1) is 34.5 Å². The molecule has 15 heavy (non-hydrogen) atoms. The summed E-state index contributed by atoms with van der Waals surface area (Å²) in [6.45, 7) is 0. The fourth-order valence-corrected chi connectivity index (χ4v) is 6.24. The Balaban J connectivity index is 1.78. The van der Waals surface area contributed by atoms with Crippen molar-refractivity contribution in [1.29, 1.82) is 0 Å². The number of hydrogen-bond donors (Lipinski definition) is 0. The zero-order valence-electron chi connectivity index (χ0n) is 9.15. The number of hydrogen-bond acceptors (Lipinski definition) is 0. The van der Waals surface area contributed by atoms with Gasteiger partial charge in [-0.15, -0.1) is 0 Å². The molecular weight excluding hydrogens is 180 g/mol. The van der Waals surface area contributed by atoms with Gasteiger partial charge in [-0.05, 0) is 55.8 Å². The van der Waals surface area contributed by atoms with Gasteiger partial charge in [-0.1, -0.05) is 24.3 Å². The first-order valence-electron chi connectivity index (χ1n) is 6.71. The Bertz CT molecular complexity index is 366.